The lowest BCUT2D eigenvalue weighted by Gasteiger charge is -2.37. The fourth-order valence-corrected chi connectivity index (χ4v) is 5.60. The van der Waals surface area contributed by atoms with Crippen LogP contribution >= 0.6 is 11.6 Å². The first kappa shape index (κ1) is 21.4. The predicted octanol–water partition coefficient (Wildman–Crippen LogP) is 2.71. The van der Waals surface area contributed by atoms with Crippen LogP contribution in [0.2, 0.25) is 5.02 Å². The molecular formula is C23H33ClN4O2. The van der Waals surface area contributed by atoms with Gasteiger partial charge in [-0.05, 0) is 43.9 Å². The van der Waals surface area contributed by atoms with Crippen molar-refractivity contribution in [3.05, 3.63) is 29.3 Å². The SMILES string of the molecule is CC(=O)N1CCC2(CC1)CC(CCN1CCN(c3cccc(Cl)c3)CC1)N(C)C2=O. The van der Waals surface area contributed by atoms with Crippen LogP contribution in [-0.4, -0.2) is 85.4 Å². The molecule has 0 aromatic heterocycles. The predicted molar refractivity (Wildman–Crippen MR) is 120 cm³/mol. The van der Waals surface area contributed by atoms with E-state index in [9.17, 15) is 9.59 Å². The molecule has 1 aromatic rings. The van der Waals surface area contributed by atoms with E-state index in [0.29, 0.717) is 25.0 Å². The number of anilines is 1. The molecule has 3 aliphatic rings. The van der Waals surface area contributed by atoms with Crippen LogP contribution in [0.4, 0.5) is 5.69 Å². The molecule has 3 fully saturated rings. The van der Waals surface area contributed by atoms with Crippen LogP contribution in [0.3, 0.4) is 0 Å². The maximum atomic E-state index is 13.0. The highest BCUT2D eigenvalue weighted by atomic mass is 35.5. The Balaban J connectivity index is 1.27. The number of carbonyl (C=O) groups excluding carboxylic acids is 2. The number of rotatable bonds is 4. The monoisotopic (exact) mass is 432 g/mol. The Morgan fingerprint density at radius 3 is 2.47 bits per heavy atom. The van der Waals surface area contributed by atoms with Crippen molar-refractivity contribution in [1.82, 2.24) is 14.7 Å². The molecule has 0 N–H and O–H groups in total. The minimum absolute atomic E-state index is 0.122. The molecule has 6 nitrogen and oxygen atoms in total. The largest absolute Gasteiger partial charge is 0.369 e. The number of piperidine rings is 1. The lowest BCUT2D eigenvalue weighted by Crippen LogP contribution is -2.47. The van der Waals surface area contributed by atoms with E-state index < -0.39 is 0 Å². The topological polar surface area (TPSA) is 47.1 Å². The molecule has 7 heteroatoms. The summed E-state index contributed by atoms with van der Waals surface area (Å²) in [6, 6.07) is 8.39. The molecule has 4 rings (SSSR count). The summed E-state index contributed by atoms with van der Waals surface area (Å²) in [5.74, 6) is 0.415. The molecule has 3 heterocycles. The van der Waals surface area contributed by atoms with E-state index in [0.717, 1.165) is 63.4 Å². The van der Waals surface area contributed by atoms with E-state index >= 15 is 0 Å². The first-order chi connectivity index (χ1) is 14.4. The summed E-state index contributed by atoms with van der Waals surface area (Å²) in [5.41, 5.74) is 0.957. The number of nitrogens with zero attached hydrogens (tertiary/aromatic N) is 4. The van der Waals surface area contributed by atoms with E-state index in [1.54, 1.807) is 6.92 Å². The summed E-state index contributed by atoms with van der Waals surface area (Å²) in [5, 5.41) is 0.784. The lowest BCUT2D eigenvalue weighted by molar-refractivity contribution is -0.141. The van der Waals surface area contributed by atoms with Gasteiger partial charge in [-0.25, -0.2) is 0 Å². The Kier molecular flexibility index (Phi) is 6.26. The number of piperazine rings is 1. The van der Waals surface area contributed by atoms with E-state index in [1.807, 2.05) is 35.0 Å². The lowest BCUT2D eigenvalue weighted by atomic mass is 9.75. The van der Waals surface area contributed by atoms with Gasteiger partial charge in [-0.3, -0.25) is 14.5 Å². The van der Waals surface area contributed by atoms with Crippen LogP contribution in [0.25, 0.3) is 0 Å². The molecule has 0 saturated carbocycles. The third-order valence-corrected chi connectivity index (χ3v) is 7.67. The molecule has 0 bridgehead atoms. The van der Waals surface area contributed by atoms with Crippen LogP contribution in [0.5, 0.6) is 0 Å². The first-order valence-corrected chi connectivity index (χ1v) is 11.5. The average molecular weight is 433 g/mol. The first-order valence-electron chi connectivity index (χ1n) is 11.1. The Morgan fingerprint density at radius 2 is 1.83 bits per heavy atom. The fraction of sp³-hybridized carbons (Fsp3) is 0.652. The van der Waals surface area contributed by atoms with Gasteiger partial charge < -0.3 is 14.7 Å². The number of hydrogen-bond donors (Lipinski definition) is 0. The highest BCUT2D eigenvalue weighted by Gasteiger charge is 2.51. The van der Waals surface area contributed by atoms with Crippen LogP contribution < -0.4 is 4.90 Å². The van der Waals surface area contributed by atoms with Gasteiger partial charge in [-0.15, -0.1) is 0 Å². The maximum absolute atomic E-state index is 13.0. The Labute approximate surface area is 184 Å². The normalized spacial score (nSPS) is 24.7. The van der Waals surface area contributed by atoms with Crippen molar-refractivity contribution in [2.24, 2.45) is 5.41 Å². The zero-order valence-corrected chi connectivity index (χ0v) is 18.9. The van der Waals surface area contributed by atoms with Crippen LogP contribution in [-0.2, 0) is 9.59 Å². The van der Waals surface area contributed by atoms with E-state index in [-0.39, 0.29) is 11.3 Å². The molecule has 1 spiro atoms. The molecule has 2 amide bonds. The minimum atomic E-state index is -0.239. The number of benzene rings is 1. The molecule has 3 aliphatic heterocycles. The van der Waals surface area contributed by atoms with Crippen molar-refractivity contribution < 1.29 is 9.59 Å². The summed E-state index contributed by atoms with van der Waals surface area (Å²) in [6.07, 6.45) is 3.59. The van der Waals surface area contributed by atoms with Gasteiger partial charge in [-0.1, -0.05) is 17.7 Å². The van der Waals surface area contributed by atoms with Crippen LogP contribution in [0.15, 0.2) is 24.3 Å². The zero-order chi connectivity index (χ0) is 21.3. The molecule has 1 atom stereocenters. The van der Waals surface area contributed by atoms with E-state index in [2.05, 4.69) is 15.9 Å². The van der Waals surface area contributed by atoms with Crippen molar-refractivity contribution in [2.45, 2.75) is 38.6 Å². The van der Waals surface area contributed by atoms with Gasteiger partial charge in [0.2, 0.25) is 11.8 Å². The molecule has 3 saturated heterocycles. The number of likely N-dealkylation sites (tertiary alicyclic amines) is 2. The van der Waals surface area contributed by atoms with Crippen molar-refractivity contribution in [2.75, 3.05) is 57.8 Å². The number of halogens is 1. The molecule has 1 aromatic carbocycles. The molecule has 0 radical (unpaired) electrons. The summed E-state index contributed by atoms with van der Waals surface area (Å²) >= 11 is 6.14. The van der Waals surface area contributed by atoms with Gasteiger partial charge in [0.15, 0.2) is 0 Å². The second kappa shape index (κ2) is 8.75. The highest BCUT2D eigenvalue weighted by Crippen LogP contribution is 2.44. The van der Waals surface area contributed by atoms with E-state index in [4.69, 9.17) is 11.6 Å². The van der Waals surface area contributed by atoms with Gasteiger partial charge in [0.1, 0.15) is 0 Å². The van der Waals surface area contributed by atoms with E-state index in [1.165, 1.54) is 5.69 Å². The molecule has 30 heavy (non-hydrogen) atoms. The van der Waals surface area contributed by atoms with Crippen LogP contribution in [0.1, 0.15) is 32.6 Å². The van der Waals surface area contributed by atoms with Gasteiger partial charge in [0, 0.05) is 76.5 Å². The van der Waals surface area contributed by atoms with Gasteiger partial charge >= 0.3 is 0 Å². The van der Waals surface area contributed by atoms with Crippen LogP contribution in [0, 0.1) is 5.41 Å². The maximum Gasteiger partial charge on any atom is 0.228 e. The number of carbonyl (C=O) groups is 2. The fourth-order valence-electron chi connectivity index (χ4n) is 5.41. The number of amides is 2. The Bertz CT molecular complexity index is 785. The molecule has 164 valence electrons. The summed E-state index contributed by atoms with van der Waals surface area (Å²) in [4.78, 5) is 33.5. The third kappa shape index (κ3) is 4.30. The number of hydrogen-bond acceptors (Lipinski definition) is 4. The summed E-state index contributed by atoms with van der Waals surface area (Å²) < 4.78 is 0. The summed E-state index contributed by atoms with van der Waals surface area (Å²) in [7, 11) is 1.97. The van der Waals surface area contributed by atoms with Crippen molar-refractivity contribution in [3.63, 3.8) is 0 Å². The standard InChI is InChI=1S/C23H33ClN4O2/c1-18(29)27-10-7-23(8-11-27)17-21(25(2)22(23)30)6-9-26-12-14-28(15-13-26)20-5-3-4-19(24)16-20/h3-5,16,21H,6-15,17H2,1-2H3. The van der Waals surface area contributed by atoms with Gasteiger partial charge in [-0.2, -0.15) is 0 Å². The Morgan fingerprint density at radius 1 is 1.13 bits per heavy atom. The molecular weight excluding hydrogens is 400 g/mol. The average Bonchev–Trinajstić information content (AvgIpc) is 2.97. The van der Waals surface area contributed by atoms with Gasteiger partial charge in [0.05, 0.1) is 5.41 Å². The highest BCUT2D eigenvalue weighted by molar-refractivity contribution is 6.30. The smallest absolute Gasteiger partial charge is 0.228 e. The quantitative estimate of drug-likeness (QED) is 0.734. The van der Waals surface area contributed by atoms with Crippen molar-refractivity contribution in [3.8, 4) is 0 Å². The summed E-state index contributed by atoms with van der Waals surface area (Å²) in [6.45, 7) is 8.16. The molecule has 0 aliphatic carbocycles. The third-order valence-electron chi connectivity index (χ3n) is 7.44. The second-order valence-corrected chi connectivity index (χ2v) is 9.59. The van der Waals surface area contributed by atoms with Gasteiger partial charge in [0.25, 0.3) is 0 Å². The second-order valence-electron chi connectivity index (χ2n) is 9.16. The zero-order valence-electron chi connectivity index (χ0n) is 18.1. The van der Waals surface area contributed by atoms with Crippen molar-refractivity contribution >= 4 is 29.1 Å². The molecule has 1 unspecified atom stereocenters. The minimum Gasteiger partial charge on any atom is -0.369 e. The Hall–Kier alpha value is -1.79. The van der Waals surface area contributed by atoms with Crippen molar-refractivity contribution in [1.29, 1.82) is 0 Å².